The van der Waals surface area contributed by atoms with Gasteiger partial charge in [-0.2, -0.15) is 0 Å². The Kier molecular flexibility index (Phi) is 6.07. The van der Waals surface area contributed by atoms with Gasteiger partial charge in [0.1, 0.15) is 17.7 Å². The minimum Gasteiger partial charge on any atom is -0.505 e. The van der Waals surface area contributed by atoms with Gasteiger partial charge in [-0.05, 0) is 18.1 Å². The normalized spacial score (nSPS) is 11.9. The second kappa shape index (κ2) is 8.12. The molecular weight excluding hydrogens is 364 g/mol. The number of aromatic hydroxyl groups is 3. The highest BCUT2D eigenvalue weighted by atomic mass is 16.3. The number of aldehydes is 1. The van der Waals surface area contributed by atoms with Gasteiger partial charge < -0.3 is 35.6 Å². The minimum atomic E-state index is -0.608. The van der Waals surface area contributed by atoms with E-state index >= 15 is 0 Å². The first-order valence-corrected chi connectivity index (χ1v) is 8.73. The summed E-state index contributed by atoms with van der Waals surface area (Å²) in [4.78, 5) is 24.9. The van der Waals surface area contributed by atoms with Gasteiger partial charge in [0.25, 0.3) is 5.91 Å². The first kappa shape index (κ1) is 20.9. The number of hydrogen-bond acceptors (Lipinski definition) is 7. The number of amides is 1. The number of benzene rings is 1. The van der Waals surface area contributed by atoms with Gasteiger partial charge in [-0.15, -0.1) is 0 Å². The maximum atomic E-state index is 12.2. The Balaban J connectivity index is 2.50. The van der Waals surface area contributed by atoms with Crippen LogP contribution in [-0.2, 0) is 11.8 Å². The average molecular weight is 390 g/mol. The molecule has 0 bridgehead atoms. The molecule has 1 heterocycles. The molecule has 0 radical (unpaired) electrons. The molecular formula is C19H26N4O5. The number of rotatable bonds is 7. The third kappa shape index (κ3) is 3.83. The maximum Gasteiger partial charge on any atom is 0.257 e. The smallest absolute Gasteiger partial charge is 0.257 e. The Hall–Kier alpha value is -3.36. The van der Waals surface area contributed by atoms with Gasteiger partial charge in [-0.25, -0.2) is 0 Å². The number of anilines is 3. The molecule has 0 unspecified atom stereocenters. The molecule has 0 saturated carbocycles. The molecule has 2 aromatic rings. The van der Waals surface area contributed by atoms with Crippen molar-refractivity contribution in [3.05, 3.63) is 23.8 Å². The summed E-state index contributed by atoms with van der Waals surface area (Å²) in [5.41, 5.74) is 0.410. The number of para-hydroxylation sites is 1. The van der Waals surface area contributed by atoms with Crippen LogP contribution in [0.1, 0.15) is 24.2 Å². The number of nitrogens with one attached hydrogen (secondary N) is 2. The number of nitrogens with zero attached hydrogens (tertiary/aromatic N) is 2. The van der Waals surface area contributed by atoms with Crippen molar-refractivity contribution >= 4 is 29.3 Å². The Morgan fingerprint density at radius 1 is 1.14 bits per heavy atom. The van der Waals surface area contributed by atoms with Crippen LogP contribution in [0.4, 0.5) is 17.1 Å². The lowest BCUT2D eigenvalue weighted by Crippen LogP contribution is -2.27. The lowest BCUT2D eigenvalue weighted by molar-refractivity contribution is -0.109. The molecule has 1 aromatic carbocycles. The molecule has 1 amide bonds. The summed E-state index contributed by atoms with van der Waals surface area (Å²) in [5.74, 6) is -1.35. The lowest BCUT2D eigenvalue weighted by Gasteiger charge is -2.19. The van der Waals surface area contributed by atoms with Crippen LogP contribution in [-0.4, -0.2) is 57.1 Å². The van der Waals surface area contributed by atoms with E-state index < -0.39 is 6.04 Å². The molecule has 1 aromatic heterocycles. The van der Waals surface area contributed by atoms with E-state index in [-0.39, 0.29) is 52.0 Å². The highest BCUT2D eigenvalue weighted by molar-refractivity contribution is 5.99. The molecule has 0 aliphatic carbocycles. The van der Waals surface area contributed by atoms with Crippen LogP contribution in [0, 0.1) is 5.92 Å². The zero-order valence-corrected chi connectivity index (χ0v) is 16.5. The fraction of sp³-hybridized carbons (Fsp3) is 0.368. The molecule has 1 atom stereocenters. The minimum absolute atomic E-state index is 0.0669. The van der Waals surface area contributed by atoms with Crippen LogP contribution in [0.25, 0.3) is 0 Å². The van der Waals surface area contributed by atoms with E-state index in [0.717, 1.165) is 4.57 Å². The second-order valence-electron chi connectivity index (χ2n) is 7.03. The number of aromatic nitrogens is 1. The molecule has 9 nitrogen and oxygen atoms in total. The van der Waals surface area contributed by atoms with E-state index in [9.17, 15) is 24.9 Å². The van der Waals surface area contributed by atoms with Gasteiger partial charge in [0, 0.05) is 21.1 Å². The van der Waals surface area contributed by atoms with Crippen molar-refractivity contribution in [2.24, 2.45) is 13.0 Å². The largest absolute Gasteiger partial charge is 0.505 e. The summed E-state index contributed by atoms with van der Waals surface area (Å²) in [6.07, 6.45) is 0.714. The van der Waals surface area contributed by atoms with Crippen molar-refractivity contribution in [3.8, 4) is 17.5 Å². The molecule has 0 fully saturated rings. The van der Waals surface area contributed by atoms with Crippen molar-refractivity contribution in [1.29, 1.82) is 0 Å². The van der Waals surface area contributed by atoms with E-state index in [1.165, 1.54) is 24.1 Å². The Morgan fingerprint density at radius 2 is 1.75 bits per heavy atom. The number of carbonyl (C=O) groups is 2. The molecule has 5 N–H and O–H groups in total. The third-order valence-corrected chi connectivity index (χ3v) is 4.44. The van der Waals surface area contributed by atoms with Gasteiger partial charge in [-0.1, -0.05) is 19.9 Å². The third-order valence-electron chi connectivity index (χ3n) is 4.44. The van der Waals surface area contributed by atoms with E-state index in [2.05, 4.69) is 10.6 Å². The van der Waals surface area contributed by atoms with Crippen molar-refractivity contribution in [2.45, 2.75) is 19.9 Å². The SMILES string of the molecule is CC(C)[C@H](C=O)Nc1c(Nc2cccc(C(=O)N(C)C)c2O)c(O)n(C)c1O. The first-order valence-electron chi connectivity index (χ1n) is 8.73. The highest BCUT2D eigenvalue weighted by Crippen LogP contribution is 2.45. The Morgan fingerprint density at radius 3 is 2.29 bits per heavy atom. The summed E-state index contributed by atoms with van der Waals surface area (Å²) < 4.78 is 1.12. The number of phenols is 1. The maximum absolute atomic E-state index is 12.2. The van der Waals surface area contributed by atoms with Crippen LogP contribution in [0.15, 0.2) is 18.2 Å². The first-order chi connectivity index (χ1) is 13.1. The average Bonchev–Trinajstić information content (AvgIpc) is 2.84. The standard InChI is InChI=1S/C19H26N4O5/c1-10(2)13(9-24)21-15-14(18(27)23(5)19(15)28)20-12-8-6-7-11(16(12)25)17(26)22(3)4/h6-10,13,20-21,25,27-28H,1-5H3/t13-/m0/s1. The van der Waals surface area contributed by atoms with Crippen LogP contribution < -0.4 is 10.6 Å². The quantitative estimate of drug-likeness (QED) is 0.362. The highest BCUT2D eigenvalue weighted by Gasteiger charge is 2.25. The number of hydrogen-bond donors (Lipinski definition) is 5. The number of phenolic OH excluding ortho intramolecular Hbond substituents is 1. The summed E-state index contributed by atoms with van der Waals surface area (Å²) in [6, 6.07) is 3.97. The molecule has 28 heavy (non-hydrogen) atoms. The van der Waals surface area contributed by atoms with Crippen molar-refractivity contribution in [2.75, 3.05) is 24.7 Å². The molecule has 0 saturated heterocycles. The summed E-state index contributed by atoms with van der Waals surface area (Å²) in [7, 11) is 4.57. The van der Waals surface area contributed by atoms with Crippen LogP contribution >= 0.6 is 0 Å². The molecule has 0 aliphatic rings. The predicted octanol–water partition coefficient (Wildman–Crippen LogP) is 2.22. The Labute approximate surface area is 163 Å². The summed E-state index contributed by atoms with van der Waals surface area (Å²) >= 11 is 0. The van der Waals surface area contributed by atoms with Gasteiger partial charge in [0.05, 0.1) is 17.3 Å². The van der Waals surface area contributed by atoms with Crippen molar-refractivity contribution in [3.63, 3.8) is 0 Å². The summed E-state index contributed by atoms with van der Waals surface area (Å²) in [5, 5.41) is 37.0. The van der Waals surface area contributed by atoms with E-state index in [1.807, 2.05) is 13.8 Å². The zero-order chi connectivity index (χ0) is 21.2. The number of carbonyl (C=O) groups excluding carboxylic acids is 2. The van der Waals surface area contributed by atoms with E-state index in [1.54, 1.807) is 20.2 Å². The molecule has 9 heteroatoms. The van der Waals surface area contributed by atoms with Gasteiger partial charge in [-0.3, -0.25) is 9.36 Å². The topological polar surface area (TPSA) is 127 Å². The predicted molar refractivity (Wildman–Crippen MR) is 106 cm³/mol. The van der Waals surface area contributed by atoms with Crippen LogP contribution in [0.3, 0.4) is 0 Å². The van der Waals surface area contributed by atoms with Crippen LogP contribution in [0.5, 0.6) is 17.5 Å². The molecule has 152 valence electrons. The monoisotopic (exact) mass is 390 g/mol. The fourth-order valence-electron chi connectivity index (χ4n) is 2.63. The van der Waals surface area contributed by atoms with E-state index in [0.29, 0.717) is 6.29 Å². The molecule has 0 aliphatic heterocycles. The van der Waals surface area contributed by atoms with Crippen molar-refractivity contribution in [1.82, 2.24) is 9.47 Å². The van der Waals surface area contributed by atoms with Gasteiger partial charge in [0.2, 0.25) is 11.8 Å². The lowest BCUT2D eigenvalue weighted by atomic mass is 10.1. The second-order valence-corrected chi connectivity index (χ2v) is 7.03. The van der Waals surface area contributed by atoms with E-state index in [4.69, 9.17) is 0 Å². The van der Waals surface area contributed by atoms with Gasteiger partial charge in [0.15, 0.2) is 5.75 Å². The van der Waals surface area contributed by atoms with Crippen LogP contribution in [0.2, 0.25) is 0 Å². The fourth-order valence-corrected chi connectivity index (χ4v) is 2.63. The summed E-state index contributed by atoms with van der Waals surface area (Å²) in [6.45, 7) is 3.67. The molecule has 2 rings (SSSR count). The van der Waals surface area contributed by atoms with Gasteiger partial charge >= 0.3 is 0 Å². The van der Waals surface area contributed by atoms with Crippen molar-refractivity contribution < 1.29 is 24.9 Å². The molecule has 0 spiro atoms. The Bertz CT molecular complexity index is 889. The zero-order valence-electron chi connectivity index (χ0n) is 16.5.